The van der Waals surface area contributed by atoms with Gasteiger partial charge in [0.1, 0.15) is 0 Å². The van der Waals surface area contributed by atoms with Gasteiger partial charge in [0, 0.05) is 11.4 Å². The average molecular weight is 145 g/mol. The van der Waals surface area contributed by atoms with Crippen molar-refractivity contribution in [3.8, 4) is 0 Å². The fourth-order valence-corrected chi connectivity index (χ4v) is 1.27. The van der Waals surface area contributed by atoms with Crippen LogP contribution in [0.25, 0.3) is 0 Å². The van der Waals surface area contributed by atoms with Gasteiger partial charge in [0.05, 0.1) is 0 Å². The standard InChI is InChI=1S/C10H11N/c1-2-6-9(5-1)11-10-7-3-4-8-10/h1,3,5-8,11H,2,4H2. The molecule has 2 aliphatic carbocycles. The van der Waals surface area contributed by atoms with Crippen molar-refractivity contribution in [3.05, 3.63) is 47.9 Å². The van der Waals surface area contributed by atoms with Crippen LogP contribution in [0.5, 0.6) is 0 Å². The Balaban J connectivity index is 1.99. The first kappa shape index (κ1) is 6.47. The summed E-state index contributed by atoms with van der Waals surface area (Å²) in [5.41, 5.74) is 2.45. The Morgan fingerprint density at radius 3 is 1.82 bits per heavy atom. The van der Waals surface area contributed by atoms with Crippen molar-refractivity contribution in [2.45, 2.75) is 12.8 Å². The third-order valence-corrected chi connectivity index (χ3v) is 1.83. The van der Waals surface area contributed by atoms with E-state index in [2.05, 4.69) is 41.8 Å². The molecule has 0 unspecified atom stereocenters. The SMILES string of the molecule is C1=CC(NC2=CCC=C2)=CC1. The molecule has 1 heteroatoms. The minimum atomic E-state index is 1.07. The largest absolute Gasteiger partial charge is 0.356 e. The third kappa shape index (κ3) is 1.43. The average Bonchev–Trinajstić information content (AvgIpc) is 2.60. The van der Waals surface area contributed by atoms with Crippen LogP contribution in [0, 0.1) is 0 Å². The summed E-state index contributed by atoms with van der Waals surface area (Å²) in [6, 6.07) is 0. The molecular weight excluding hydrogens is 134 g/mol. The topological polar surface area (TPSA) is 12.0 Å². The van der Waals surface area contributed by atoms with E-state index in [-0.39, 0.29) is 0 Å². The molecule has 2 rings (SSSR count). The third-order valence-electron chi connectivity index (χ3n) is 1.83. The van der Waals surface area contributed by atoms with Gasteiger partial charge in [0.15, 0.2) is 0 Å². The Morgan fingerprint density at radius 1 is 0.909 bits per heavy atom. The van der Waals surface area contributed by atoms with Crippen molar-refractivity contribution in [3.63, 3.8) is 0 Å². The number of allylic oxidation sites excluding steroid dienone is 6. The molecule has 0 bridgehead atoms. The van der Waals surface area contributed by atoms with Crippen LogP contribution in [0.2, 0.25) is 0 Å². The molecule has 1 nitrogen and oxygen atoms in total. The zero-order valence-corrected chi connectivity index (χ0v) is 6.38. The highest BCUT2D eigenvalue weighted by Gasteiger charge is 2.00. The van der Waals surface area contributed by atoms with E-state index < -0.39 is 0 Å². The predicted molar refractivity (Wildman–Crippen MR) is 46.8 cm³/mol. The molecule has 0 heterocycles. The van der Waals surface area contributed by atoms with Gasteiger partial charge in [0.25, 0.3) is 0 Å². The highest BCUT2D eigenvalue weighted by Crippen LogP contribution is 2.11. The minimum absolute atomic E-state index is 1.07. The maximum absolute atomic E-state index is 3.33. The maximum Gasteiger partial charge on any atom is 0.0343 e. The zero-order chi connectivity index (χ0) is 7.52. The minimum Gasteiger partial charge on any atom is -0.356 e. The van der Waals surface area contributed by atoms with Crippen LogP contribution < -0.4 is 5.32 Å². The molecule has 0 radical (unpaired) electrons. The van der Waals surface area contributed by atoms with Crippen LogP contribution in [-0.2, 0) is 0 Å². The summed E-state index contributed by atoms with van der Waals surface area (Å²) in [7, 11) is 0. The summed E-state index contributed by atoms with van der Waals surface area (Å²) in [6.07, 6.45) is 15.1. The molecule has 0 amide bonds. The second-order valence-corrected chi connectivity index (χ2v) is 2.72. The van der Waals surface area contributed by atoms with Crippen LogP contribution in [0.4, 0.5) is 0 Å². The zero-order valence-electron chi connectivity index (χ0n) is 6.38. The van der Waals surface area contributed by atoms with Gasteiger partial charge >= 0.3 is 0 Å². The first-order valence-corrected chi connectivity index (χ1v) is 3.95. The lowest BCUT2D eigenvalue weighted by Crippen LogP contribution is -2.06. The number of nitrogens with one attached hydrogen (secondary N) is 1. The first-order valence-electron chi connectivity index (χ1n) is 3.95. The summed E-state index contributed by atoms with van der Waals surface area (Å²) in [4.78, 5) is 0. The molecule has 0 spiro atoms. The molecule has 0 fully saturated rings. The predicted octanol–water partition coefficient (Wildman–Crippen LogP) is 2.26. The highest BCUT2D eigenvalue weighted by atomic mass is 14.9. The lowest BCUT2D eigenvalue weighted by atomic mass is 10.4. The molecule has 0 saturated heterocycles. The van der Waals surface area contributed by atoms with Crippen molar-refractivity contribution < 1.29 is 0 Å². The summed E-state index contributed by atoms with van der Waals surface area (Å²) in [5, 5.41) is 3.33. The van der Waals surface area contributed by atoms with Crippen LogP contribution >= 0.6 is 0 Å². The van der Waals surface area contributed by atoms with Crippen LogP contribution in [-0.4, -0.2) is 0 Å². The molecule has 11 heavy (non-hydrogen) atoms. The Morgan fingerprint density at radius 2 is 1.45 bits per heavy atom. The first-order chi connectivity index (χ1) is 5.45. The van der Waals surface area contributed by atoms with Gasteiger partial charge in [-0.25, -0.2) is 0 Å². The second-order valence-electron chi connectivity index (χ2n) is 2.72. The Bertz CT molecular complexity index is 239. The Labute approximate surface area is 66.8 Å². The van der Waals surface area contributed by atoms with Gasteiger partial charge in [-0.2, -0.15) is 0 Å². The van der Waals surface area contributed by atoms with Crippen molar-refractivity contribution >= 4 is 0 Å². The normalized spacial score (nSPS) is 20.4. The molecular formula is C10H11N. The van der Waals surface area contributed by atoms with E-state index in [4.69, 9.17) is 0 Å². The number of rotatable bonds is 2. The van der Waals surface area contributed by atoms with Crippen molar-refractivity contribution in [2.24, 2.45) is 0 Å². The van der Waals surface area contributed by atoms with E-state index in [1.807, 2.05) is 0 Å². The summed E-state index contributed by atoms with van der Waals surface area (Å²) in [5.74, 6) is 0. The molecule has 0 aromatic carbocycles. The van der Waals surface area contributed by atoms with E-state index >= 15 is 0 Å². The van der Waals surface area contributed by atoms with Crippen molar-refractivity contribution in [1.82, 2.24) is 5.32 Å². The van der Waals surface area contributed by atoms with E-state index in [9.17, 15) is 0 Å². The molecule has 2 aliphatic rings. The number of hydrogen-bond donors (Lipinski definition) is 1. The van der Waals surface area contributed by atoms with Crippen LogP contribution in [0.3, 0.4) is 0 Å². The summed E-state index contributed by atoms with van der Waals surface area (Å²) in [6.45, 7) is 0. The summed E-state index contributed by atoms with van der Waals surface area (Å²) < 4.78 is 0. The maximum atomic E-state index is 3.33. The quantitative estimate of drug-likeness (QED) is 0.628. The lowest BCUT2D eigenvalue weighted by Gasteiger charge is -2.02. The van der Waals surface area contributed by atoms with E-state index in [0.29, 0.717) is 0 Å². The molecule has 0 aromatic rings. The van der Waals surface area contributed by atoms with Crippen LogP contribution in [0.15, 0.2) is 47.9 Å². The van der Waals surface area contributed by atoms with E-state index in [0.717, 1.165) is 12.8 Å². The fourth-order valence-electron chi connectivity index (χ4n) is 1.27. The molecule has 1 N–H and O–H groups in total. The number of hydrogen-bond acceptors (Lipinski definition) is 1. The van der Waals surface area contributed by atoms with Gasteiger partial charge < -0.3 is 5.32 Å². The smallest absolute Gasteiger partial charge is 0.0343 e. The van der Waals surface area contributed by atoms with Gasteiger partial charge in [0.2, 0.25) is 0 Å². The molecule has 0 aliphatic heterocycles. The van der Waals surface area contributed by atoms with Crippen molar-refractivity contribution in [2.75, 3.05) is 0 Å². The monoisotopic (exact) mass is 145 g/mol. The van der Waals surface area contributed by atoms with Gasteiger partial charge in [-0.15, -0.1) is 0 Å². The lowest BCUT2D eigenvalue weighted by molar-refractivity contribution is 1.05. The van der Waals surface area contributed by atoms with E-state index in [1.54, 1.807) is 0 Å². The fraction of sp³-hybridized carbons (Fsp3) is 0.200. The molecule has 0 saturated carbocycles. The second kappa shape index (κ2) is 2.79. The Hall–Kier alpha value is -1.24. The molecule has 0 atom stereocenters. The highest BCUT2D eigenvalue weighted by molar-refractivity contribution is 5.33. The van der Waals surface area contributed by atoms with Gasteiger partial charge in [-0.1, -0.05) is 24.3 Å². The molecule has 0 aromatic heterocycles. The summed E-state index contributed by atoms with van der Waals surface area (Å²) >= 11 is 0. The van der Waals surface area contributed by atoms with Gasteiger partial charge in [-0.3, -0.25) is 0 Å². The van der Waals surface area contributed by atoms with Crippen molar-refractivity contribution in [1.29, 1.82) is 0 Å². The van der Waals surface area contributed by atoms with Crippen LogP contribution in [0.1, 0.15) is 12.8 Å². The Kier molecular flexibility index (Phi) is 1.64. The van der Waals surface area contributed by atoms with Gasteiger partial charge in [-0.05, 0) is 25.0 Å². The van der Waals surface area contributed by atoms with E-state index in [1.165, 1.54) is 11.4 Å². The molecule has 56 valence electrons.